The first-order chi connectivity index (χ1) is 11.7. The number of rotatable bonds is 2. The van der Waals surface area contributed by atoms with E-state index in [4.69, 9.17) is 0 Å². The summed E-state index contributed by atoms with van der Waals surface area (Å²) in [7, 11) is 0. The Kier molecular flexibility index (Phi) is 3.72. The molecule has 0 saturated carbocycles. The van der Waals surface area contributed by atoms with Gasteiger partial charge in [-0.15, -0.1) is 0 Å². The molecule has 6 nitrogen and oxygen atoms in total. The fourth-order valence-electron chi connectivity index (χ4n) is 3.26. The number of hydrogen-bond acceptors (Lipinski definition) is 4. The van der Waals surface area contributed by atoms with E-state index >= 15 is 0 Å². The number of pyridine rings is 2. The zero-order chi connectivity index (χ0) is 16.5. The average Bonchev–Trinajstić information content (AvgIpc) is 3.06. The molecule has 0 aliphatic carbocycles. The van der Waals surface area contributed by atoms with E-state index in [9.17, 15) is 4.79 Å². The number of amides is 1. The lowest BCUT2D eigenvalue weighted by atomic mass is 9.97. The molecule has 4 heterocycles. The quantitative estimate of drug-likeness (QED) is 0.727. The van der Waals surface area contributed by atoms with Crippen LogP contribution in [0.2, 0.25) is 0 Å². The van der Waals surface area contributed by atoms with Gasteiger partial charge in [-0.05, 0) is 42.7 Å². The van der Waals surface area contributed by atoms with Crippen molar-refractivity contribution in [2.45, 2.75) is 25.7 Å². The molecule has 1 amide bonds. The fourth-order valence-corrected chi connectivity index (χ4v) is 3.26. The summed E-state index contributed by atoms with van der Waals surface area (Å²) in [5, 5.41) is 4.67. The average molecular weight is 321 g/mol. The summed E-state index contributed by atoms with van der Waals surface area (Å²) in [6, 6.07) is 7.99. The van der Waals surface area contributed by atoms with E-state index in [1.165, 1.54) is 0 Å². The lowest BCUT2D eigenvalue weighted by Gasteiger charge is -2.30. The highest BCUT2D eigenvalue weighted by molar-refractivity contribution is 5.73. The van der Waals surface area contributed by atoms with Crippen molar-refractivity contribution < 1.29 is 4.79 Å². The van der Waals surface area contributed by atoms with Crippen molar-refractivity contribution in [1.82, 2.24) is 24.5 Å². The smallest absolute Gasteiger partial charge is 0.219 e. The zero-order valence-corrected chi connectivity index (χ0v) is 13.6. The molecule has 122 valence electrons. The molecule has 1 unspecified atom stereocenters. The van der Waals surface area contributed by atoms with Crippen molar-refractivity contribution in [1.29, 1.82) is 0 Å². The Hall–Kier alpha value is -2.76. The molecule has 0 bridgehead atoms. The third-order valence-corrected chi connectivity index (χ3v) is 4.59. The van der Waals surface area contributed by atoms with Crippen LogP contribution in [0.5, 0.6) is 0 Å². The fraction of sp³-hybridized carbons (Fsp3) is 0.333. The molecule has 1 fully saturated rings. The zero-order valence-electron chi connectivity index (χ0n) is 13.6. The van der Waals surface area contributed by atoms with Crippen LogP contribution in [0.25, 0.3) is 16.8 Å². The van der Waals surface area contributed by atoms with Crippen molar-refractivity contribution in [3.05, 3.63) is 48.7 Å². The van der Waals surface area contributed by atoms with E-state index in [0.717, 1.165) is 42.0 Å². The molecule has 0 aromatic carbocycles. The van der Waals surface area contributed by atoms with Gasteiger partial charge in [0, 0.05) is 50.1 Å². The van der Waals surface area contributed by atoms with Crippen molar-refractivity contribution >= 4 is 11.6 Å². The monoisotopic (exact) mass is 321 g/mol. The van der Waals surface area contributed by atoms with Crippen LogP contribution in [-0.2, 0) is 4.79 Å². The summed E-state index contributed by atoms with van der Waals surface area (Å²) in [6.45, 7) is 3.18. The van der Waals surface area contributed by atoms with Crippen LogP contribution in [-0.4, -0.2) is 43.5 Å². The van der Waals surface area contributed by atoms with Gasteiger partial charge in [-0.2, -0.15) is 5.10 Å². The predicted octanol–water partition coefficient (Wildman–Crippen LogP) is 2.52. The molecule has 6 heteroatoms. The number of fused-ring (bicyclic) bond motifs is 1. The van der Waals surface area contributed by atoms with Gasteiger partial charge in [-0.3, -0.25) is 9.78 Å². The molecule has 0 radical (unpaired) electrons. The molecule has 1 atom stereocenters. The Morgan fingerprint density at radius 3 is 2.79 bits per heavy atom. The minimum atomic E-state index is 0.128. The molecule has 0 N–H and O–H groups in total. The second-order valence-corrected chi connectivity index (χ2v) is 6.23. The molecule has 0 spiro atoms. The Labute approximate surface area is 140 Å². The van der Waals surface area contributed by atoms with E-state index in [0.29, 0.717) is 6.54 Å². The Morgan fingerprint density at radius 1 is 1.17 bits per heavy atom. The van der Waals surface area contributed by atoms with Crippen LogP contribution in [0.15, 0.2) is 42.9 Å². The Morgan fingerprint density at radius 2 is 2.00 bits per heavy atom. The predicted molar refractivity (Wildman–Crippen MR) is 90.4 cm³/mol. The first-order valence-corrected chi connectivity index (χ1v) is 8.23. The van der Waals surface area contributed by atoms with Gasteiger partial charge in [0.15, 0.2) is 11.5 Å². The summed E-state index contributed by atoms with van der Waals surface area (Å²) in [5.74, 6) is 1.17. The molecule has 3 aromatic heterocycles. The van der Waals surface area contributed by atoms with Crippen LogP contribution in [0.1, 0.15) is 31.5 Å². The van der Waals surface area contributed by atoms with Crippen molar-refractivity contribution in [2.24, 2.45) is 0 Å². The topological polar surface area (TPSA) is 63.4 Å². The molecule has 4 rings (SSSR count). The van der Waals surface area contributed by atoms with Gasteiger partial charge in [0.25, 0.3) is 0 Å². The second kappa shape index (κ2) is 6.03. The summed E-state index contributed by atoms with van der Waals surface area (Å²) in [6.07, 6.45) is 7.59. The highest BCUT2D eigenvalue weighted by atomic mass is 16.2. The molecular weight excluding hydrogens is 302 g/mol. The van der Waals surface area contributed by atoms with E-state index in [1.807, 2.05) is 39.9 Å². The number of likely N-dealkylation sites (tertiary alicyclic amines) is 1. The summed E-state index contributed by atoms with van der Waals surface area (Å²) >= 11 is 0. The maximum absolute atomic E-state index is 11.6. The lowest BCUT2D eigenvalue weighted by molar-refractivity contribution is -0.130. The van der Waals surface area contributed by atoms with E-state index in [1.54, 1.807) is 19.3 Å². The molecule has 1 saturated heterocycles. The van der Waals surface area contributed by atoms with Crippen molar-refractivity contribution in [3.63, 3.8) is 0 Å². The van der Waals surface area contributed by atoms with Gasteiger partial charge in [0.1, 0.15) is 0 Å². The van der Waals surface area contributed by atoms with Gasteiger partial charge in [-0.1, -0.05) is 0 Å². The normalized spacial score (nSPS) is 18.0. The number of carbonyl (C=O) groups is 1. The van der Waals surface area contributed by atoms with E-state index < -0.39 is 0 Å². The van der Waals surface area contributed by atoms with Gasteiger partial charge >= 0.3 is 0 Å². The van der Waals surface area contributed by atoms with Crippen molar-refractivity contribution in [3.8, 4) is 11.1 Å². The maximum Gasteiger partial charge on any atom is 0.219 e. The first kappa shape index (κ1) is 14.8. The Bertz CT molecular complexity index is 874. The van der Waals surface area contributed by atoms with Crippen LogP contribution < -0.4 is 0 Å². The van der Waals surface area contributed by atoms with Crippen LogP contribution in [0.3, 0.4) is 0 Å². The molecule has 1 aliphatic rings. The first-order valence-electron chi connectivity index (χ1n) is 8.23. The third kappa shape index (κ3) is 2.75. The number of piperidine rings is 1. The van der Waals surface area contributed by atoms with Gasteiger partial charge in [0.05, 0.1) is 0 Å². The van der Waals surface area contributed by atoms with Crippen molar-refractivity contribution in [2.75, 3.05) is 13.1 Å². The molecular formula is C18H19N5O. The largest absolute Gasteiger partial charge is 0.342 e. The SMILES string of the molecule is CC(=O)N1CCCC(c2nc3ccc(-c4ccncc4)cn3n2)C1. The Balaban J connectivity index is 1.65. The minimum Gasteiger partial charge on any atom is -0.342 e. The van der Waals surface area contributed by atoms with Gasteiger partial charge in [-0.25, -0.2) is 9.50 Å². The number of hydrogen-bond donors (Lipinski definition) is 0. The van der Waals surface area contributed by atoms with Crippen LogP contribution >= 0.6 is 0 Å². The summed E-state index contributed by atoms with van der Waals surface area (Å²) in [4.78, 5) is 22.2. The number of aromatic nitrogens is 4. The molecule has 1 aliphatic heterocycles. The highest BCUT2D eigenvalue weighted by Gasteiger charge is 2.25. The van der Waals surface area contributed by atoms with Gasteiger partial charge in [0.2, 0.25) is 5.91 Å². The van der Waals surface area contributed by atoms with Crippen LogP contribution in [0, 0.1) is 0 Å². The van der Waals surface area contributed by atoms with E-state index in [2.05, 4.69) is 15.1 Å². The lowest BCUT2D eigenvalue weighted by Crippen LogP contribution is -2.37. The number of nitrogens with zero attached hydrogens (tertiary/aromatic N) is 5. The summed E-state index contributed by atoms with van der Waals surface area (Å²) < 4.78 is 1.83. The summed E-state index contributed by atoms with van der Waals surface area (Å²) in [5.41, 5.74) is 3.02. The van der Waals surface area contributed by atoms with E-state index in [-0.39, 0.29) is 11.8 Å². The third-order valence-electron chi connectivity index (χ3n) is 4.59. The second-order valence-electron chi connectivity index (χ2n) is 6.23. The molecule has 3 aromatic rings. The molecule has 24 heavy (non-hydrogen) atoms. The minimum absolute atomic E-state index is 0.128. The van der Waals surface area contributed by atoms with Gasteiger partial charge < -0.3 is 4.90 Å². The highest BCUT2D eigenvalue weighted by Crippen LogP contribution is 2.26. The van der Waals surface area contributed by atoms with Crippen LogP contribution in [0.4, 0.5) is 0 Å². The number of carbonyl (C=O) groups excluding carboxylic acids is 1. The maximum atomic E-state index is 11.6. The standard InChI is InChI=1S/C18H19N5O/c1-13(24)22-10-2-3-16(11-22)18-20-17-5-4-15(12-23(17)21-18)14-6-8-19-9-7-14/h4-9,12,16H,2-3,10-11H2,1H3.